The van der Waals surface area contributed by atoms with E-state index < -0.39 is 6.04 Å². The summed E-state index contributed by atoms with van der Waals surface area (Å²) in [5.74, 6) is -0.109. The summed E-state index contributed by atoms with van der Waals surface area (Å²) < 4.78 is 0. The Kier molecular flexibility index (Phi) is 4.29. The van der Waals surface area contributed by atoms with Gasteiger partial charge in [0.05, 0.1) is 0 Å². The molecule has 4 nitrogen and oxygen atoms in total. The maximum absolute atomic E-state index is 12.2. The first-order chi connectivity index (χ1) is 9.90. The van der Waals surface area contributed by atoms with Gasteiger partial charge in [0.25, 0.3) is 0 Å². The number of rotatable bonds is 3. The van der Waals surface area contributed by atoms with Crippen LogP contribution in [0.25, 0.3) is 0 Å². The van der Waals surface area contributed by atoms with Gasteiger partial charge >= 0.3 is 0 Å². The van der Waals surface area contributed by atoms with E-state index in [9.17, 15) is 9.90 Å². The lowest BCUT2D eigenvalue weighted by Crippen LogP contribution is -2.28. The number of anilines is 1. The van der Waals surface area contributed by atoms with Gasteiger partial charge in [-0.3, -0.25) is 4.79 Å². The number of nitrogens with two attached hydrogens (primary N) is 1. The van der Waals surface area contributed by atoms with Gasteiger partial charge in [0, 0.05) is 11.3 Å². The molecule has 0 saturated heterocycles. The average molecular weight is 284 g/mol. The first-order valence-electron chi connectivity index (χ1n) is 6.82. The van der Waals surface area contributed by atoms with E-state index in [1.807, 2.05) is 38.1 Å². The summed E-state index contributed by atoms with van der Waals surface area (Å²) in [4.78, 5) is 12.2. The van der Waals surface area contributed by atoms with Crippen molar-refractivity contribution < 1.29 is 9.90 Å². The Morgan fingerprint density at radius 2 is 1.71 bits per heavy atom. The molecule has 0 aromatic heterocycles. The molecule has 4 N–H and O–H groups in total. The zero-order chi connectivity index (χ0) is 15.6. The Morgan fingerprint density at radius 1 is 1.10 bits per heavy atom. The molecule has 0 spiro atoms. The molecule has 0 aliphatic heterocycles. The highest BCUT2D eigenvalue weighted by atomic mass is 16.3. The number of hydrogen-bond donors (Lipinski definition) is 3. The molecule has 0 heterocycles. The molecule has 0 radical (unpaired) electrons. The van der Waals surface area contributed by atoms with Crippen LogP contribution in [0.3, 0.4) is 0 Å². The predicted molar refractivity (Wildman–Crippen MR) is 84.3 cm³/mol. The van der Waals surface area contributed by atoms with Crippen LogP contribution >= 0.6 is 0 Å². The predicted octanol–water partition coefficient (Wildman–Crippen LogP) is 2.96. The number of aryl methyl sites for hydroxylation is 2. The van der Waals surface area contributed by atoms with Crippen molar-refractivity contribution in [2.75, 3.05) is 5.32 Å². The third-order valence-corrected chi connectivity index (χ3v) is 3.61. The summed E-state index contributed by atoms with van der Waals surface area (Å²) in [6, 6.07) is 10.3. The normalized spacial score (nSPS) is 12.0. The highest BCUT2D eigenvalue weighted by Gasteiger charge is 2.17. The number of hydrogen-bond acceptors (Lipinski definition) is 3. The minimum Gasteiger partial charge on any atom is -0.507 e. The second-order valence-electron chi connectivity index (χ2n) is 5.28. The Hall–Kier alpha value is -2.33. The Labute approximate surface area is 124 Å². The van der Waals surface area contributed by atoms with Crippen LogP contribution in [0.2, 0.25) is 0 Å². The van der Waals surface area contributed by atoms with E-state index in [0.717, 1.165) is 16.7 Å². The van der Waals surface area contributed by atoms with Crippen molar-refractivity contribution in [3.63, 3.8) is 0 Å². The molecule has 1 atom stereocenters. The van der Waals surface area contributed by atoms with Gasteiger partial charge in [-0.2, -0.15) is 0 Å². The maximum atomic E-state index is 12.2. The summed E-state index contributed by atoms with van der Waals surface area (Å²) in [7, 11) is 0. The van der Waals surface area contributed by atoms with E-state index in [0.29, 0.717) is 11.3 Å². The monoisotopic (exact) mass is 284 g/mol. The molecular weight excluding hydrogens is 264 g/mol. The van der Waals surface area contributed by atoms with Gasteiger partial charge in [-0.1, -0.05) is 35.9 Å². The van der Waals surface area contributed by atoms with Gasteiger partial charge in [-0.15, -0.1) is 0 Å². The fourth-order valence-electron chi connectivity index (χ4n) is 2.11. The third-order valence-electron chi connectivity index (χ3n) is 3.61. The molecule has 2 aromatic carbocycles. The molecule has 1 amide bonds. The molecule has 2 rings (SSSR count). The number of amides is 1. The Morgan fingerprint density at radius 3 is 2.33 bits per heavy atom. The number of phenolic OH excluding ortho intramolecular Hbond substituents is 1. The van der Waals surface area contributed by atoms with Crippen molar-refractivity contribution in [3.05, 3.63) is 58.7 Å². The number of aromatic hydroxyl groups is 1. The van der Waals surface area contributed by atoms with Crippen LogP contribution in [0.5, 0.6) is 5.75 Å². The average Bonchev–Trinajstić information content (AvgIpc) is 2.48. The Bertz CT molecular complexity index is 663. The molecule has 1 unspecified atom stereocenters. The zero-order valence-electron chi connectivity index (χ0n) is 12.5. The van der Waals surface area contributed by atoms with Gasteiger partial charge in [-0.05, 0) is 38.0 Å². The first-order valence-corrected chi connectivity index (χ1v) is 6.82. The van der Waals surface area contributed by atoms with E-state index in [2.05, 4.69) is 5.32 Å². The quantitative estimate of drug-likeness (QED) is 0.811. The van der Waals surface area contributed by atoms with Gasteiger partial charge in [0.1, 0.15) is 11.8 Å². The topological polar surface area (TPSA) is 75.4 Å². The van der Waals surface area contributed by atoms with Crippen LogP contribution in [0, 0.1) is 20.8 Å². The number of carbonyl (C=O) groups excluding carboxylic acids is 1. The zero-order valence-corrected chi connectivity index (χ0v) is 12.5. The molecular formula is C17H20N2O2. The SMILES string of the molecule is Cc1ccc(C(N)C(=O)Nc2ccc(C)c(O)c2C)cc1. The highest BCUT2D eigenvalue weighted by Crippen LogP contribution is 2.28. The van der Waals surface area contributed by atoms with Crippen molar-refractivity contribution in [1.29, 1.82) is 0 Å². The van der Waals surface area contributed by atoms with E-state index in [1.165, 1.54) is 0 Å². The van der Waals surface area contributed by atoms with E-state index in [-0.39, 0.29) is 11.7 Å². The molecule has 0 aliphatic rings. The minimum absolute atomic E-state index is 0.191. The molecule has 0 saturated carbocycles. The summed E-state index contributed by atoms with van der Waals surface area (Å²) in [6.45, 7) is 5.55. The van der Waals surface area contributed by atoms with Crippen LogP contribution in [-0.4, -0.2) is 11.0 Å². The van der Waals surface area contributed by atoms with Crippen molar-refractivity contribution >= 4 is 11.6 Å². The Balaban J connectivity index is 2.18. The number of benzene rings is 2. The summed E-state index contributed by atoms with van der Waals surface area (Å²) >= 11 is 0. The van der Waals surface area contributed by atoms with Crippen molar-refractivity contribution in [2.24, 2.45) is 5.73 Å². The third kappa shape index (κ3) is 3.23. The van der Waals surface area contributed by atoms with Gasteiger partial charge in [0.2, 0.25) is 5.91 Å². The molecule has 0 bridgehead atoms. The van der Waals surface area contributed by atoms with Crippen molar-refractivity contribution in [1.82, 2.24) is 0 Å². The van der Waals surface area contributed by atoms with Gasteiger partial charge in [0.15, 0.2) is 0 Å². The van der Waals surface area contributed by atoms with Crippen LogP contribution < -0.4 is 11.1 Å². The summed E-state index contributed by atoms with van der Waals surface area (Å²) in [5, 5.41) is 12.7. The summed E-state index contributed by atoms with van der Waals surface area (Å²) in [5.41, 5.74) is 9.84. The van der Waals surface area contributed by atoms with Crippen LogP contribution in [0.1, 0.15) is 28.3 Å². The molecule has 110 valence electrons. The fraction of sp³-hybridized carbons (Fsp3) is 0.235. The first kappa shape index (κ1) is 15.1. The molecule has 0 aliphatic carbocycles. The van der Waals surface area contributed by atoms with Crippen LogP contribution in [0.4, 0.5) is 5.69 Å². The van der Waals surface area contributed by atoms with E-state index in [1.54, 1.807) is 19.1 Å². The number of nitrogens with one attached hydrogen (secondary N) is 1. The largest absolute Gasteiger partial charge is 0.507 e. The lowest BCUT2D eigenvalue weighted by atomic mass is 10.0. The number of phenols is 1. The van der Waals surface area contributed by atoms with Crippen LogP contribution in [0.15, 0.2) is 36.4 Å². The lowest BCUT2D eigenvalue weighted by molar-refractivity contribution is -0.117. The van der Waals surface area contributed by atoms with E-state index in [4.69, 9.17) is 5.73 Å². The molecule has 2 aromatic rings. The van der Waals surface area contributed by atoms with Gasteiger partial charge in [-0.25, -0.2) is 0 Å². The minimum atomic E-state index is -0.742. The molecule has 4 heteroatoms. The smallest absolute Gasteiger partial charge is 0.245 e. The van der Waals surface area contributed by atoms with Gasteiger partial charge < -0.3 is 16.2 Å². The van der Waals surface area contributed by atoms with Crippen molar-refractivity contribution in [3.8, 4) is 5.75 Å². The second-order valence-corrected chi connectivity index (χ2v) is 5.28. The van der Waals surface area contributed by atoms with Crippen molar-refractivity contribution in [2.45, 2.75) is 26.8 Å². The lowest BCUT2D eigenvalue weighted by Gasteiger charge is -2.15. The second kappa shape index (κ2) is 5.97. The highest BCUT2D eigenvalue weighted by molar-refractivity contribution is 5.96. The molecule has 0 fully saturated rings. The van der Waals surface area contributed by atoms with Crippen LogP contribution in [-0.2, 0) is 4.79 Å². The fourth-order valence-corrected chi connectivity index (χ4v) is 2.11. The maximum Gasteiger partial charge on any atom is 0.245 e. The van der Waals surface area contributed by atoms with E-state index >= 15 is 0 Å². The standard InChI is InChI=1S/C17H20N2O2/c1-10-4-7-13(8-5-10)15(18)17(21)19-14-9-6-11(2)16(20)12(14)3/h4-9,15,20H,18H2,1-3H3,(H,19,21). The summed E-state index contributed by atoms with van der Waals surface area (Å²) in [6.07, 6.45) is 0. The number of carbonyl (C=O) groups is 1. The molecule has 21 heavy (non-hydrogen) atoms.